The summed E-state index contributed by atoms with van der Waals surface area (Å²) in [6, 6.07) is 6.70. The summed E-state index contributed by atoms with van der Waals surface area (Å²) in [5, 5.41) is 4.55. The molecular formula is C16H22BrClN2. The van der Waals surface area contributed by atoms with E-state index in [1.807, 2.05) is 6.07 Å². The molecule has 0 spiro atoms. The van der Waals surface area contributed by atoms with Crippen molar-refractivity contribution in [2.75, 3.05) is 24.5 Å². The second-order valence-electron chi connectivity index (χ2n) is 6.00. The Labute approximate surface area is 135 Å². The monoisotopic (exact) mass is 356 g/mol. The summed E-state index contributed by atoms with van der Waals surface area (Å²) >= 11 is 9.82. The summed E-state index contributed by atoms with van der Waals surface area (Å²) < 4.78 is 1.14. The summed E-state index contributed by atoms with van der Waals surface area (Å²) in [6.45, 7) is 3.23. The fourth-order valence-electron chi connectivity index (χ4n) is 3.58. The number of piperazine rings is 1. The van der Waals surface area contributed by atoms with Crippen LogP contribution in [0.25, 0.3) is 0 Å². The Morgan fingerprint density at radius 3 is 2.80 bits per heavy atom. The van der Waals surface area contributed by atoms with Gasteiger partial charge in [0.1, 0.15) is 0 Å². The van der Waals surface area contributed by atoms with Gasteiger partial charge in [-0.15, -0.1) is 0 Å². The second kappa shape index (κ2) is 6.67. The number of anilines is 1. The minimum absolute atomic E-state index is 0.634. The van der Waals surface area contributed by atoms with Gasteiger partial charge in [0.25, 0.3) is 0 Å². The zero-order chi connectivity index (χ0) is 13.9. The van der Waals surface area contributed by atoms with Crippen molar-refractivity contribution in [1.82, 2.24) is 5.32 Å². The van der Waals surface area contributed by atoms with Crippen LogP contribution >= 0.6 is 27.5 Å². The van der Waals surface area contributed by atoms with Crippen LogP contribution in [0.2, 0.25) is 5.02 Å². The van der Waals surface area contributed by atoms with E-state index in [1.165, 1.54) is 37.8 Å². The third kappa shape index (κ3) is 3.32. The minimum atomic E-state index is 0.634. The van der Waals surface area contributed by atoms with Crippen LogP contribution in [-0.2, 0) is 0 Å². The second-order valence-corrected chi connectivity index (χ2v) is 7.29. The number of halogens is 2. The Hall–Kier alpha value is -0.250. The SMILES string of the molecule is Clc1ccc(Br)c(N2CCNC(C3CCCCC3)C2)c1. The molecule has 1 heterocycles. The van der Waals surface area contributed by atoms with E-state index >= 15 is 0 Å². The zero-order valence-electron chi connectivity index (χ0n) is 11.7. The van der Waals surface area contributed by atoms with Crippen LogP contribution < -0.4 is 10.2 Å². The van der Waals surface area contributed by atoms with Gasteiger partial charge in [0, 0.05) is 35.2 Å². The quantitative estimate of drug-likeness (QED) is 0.840. The molecule has 20 heavy (non-hydrogen) atoms. The lowest BCUT2D eigenvalue weighted by Crippen LogP contribution is -2.54. The first-order valence-corrected chi connectivity index (χ1v) is 8.84. The molecule has 1 aromatic carbocycles. The molecule has 2 fully saturated rings. The van der Waals surface area contributed by atoms with Gasteiger partial charge in [-0.3, -0.25) is 0 Å². The van der Waals surface area contributed by atoms with Crippen LogP contribution in [0.3, 0.4) is 0 Å². The molecule has 0 radical (unpaired) electrons. The Kier molecular flexibility index (Phi) is 4.90. The minimum Gasteiger partial charge on any atom is -0.368 e. The molecule has 1 saturated carbocycles. The molecule has 4 heteroatoms. The highest BCUT2D eigenvalue weighted by molar-refractivity contribution is 9.10. The topological polar surface area (TPSA) is 15.3 Å². The van der Waals surface area contributed by atoms with Crippen molar-refractivity contribution in [3.05, 3.63) is 27.7 Å². The zero-order valence-corrected chi connectivity index (χ0v) is 14.1. The smallest absolute Gasteiger partial charge is 0.0526 e. The first-order chi connectivity index (χ1) is 9.74. The third-order valence-electron chi connectivity index (χ3n) is 4.67. The summed E-state index contributed by atoms with van der Waals surface area (Å²) in [5.74, 6) is 0.851. The van der Waals surface area contributed by atoms with E-state index in [4.69, 9.17) is 11.6 Å². The van der Waals surface area contributed by atoms with Crippen LogP contribution in [0.5, 0.6) is 0 Å². The largest absolute Gasteiger partial charge is 0.368 e. The van der Waals surface area contributed by atoms with Gasteiger partial charge in [-0.05, 0) is 52.9 Å². The van der Waals surface area contributed by atoms with Crippen molar-refractivity contribution in [2.24, 2.45) is 5.92 Å². The molecule has 0 aromatic heterocycles. The average molecular weight is 358 g/mol. The fourth-order valence-corrected chi connectivity index (χ4v) is 4.24. The third-order valence-corrected chi connectivity index (χ3v) is 5.58. The molecule has 3 rings (SSSR count). The lowest BCUT2D eigenvalue weighted by Gasteiger charge is -2.40. The highest BCUT2D eigenvalue weighted by atomic mass is 79.9. The molecule has 1 saturated heterocycles. The lowest BCUT2D eigenvalue weighted by atomic mass is 9.83. The van der Waals surface area contributed by atoms with Crippen LogP contribution in [0.15, 0.2) is 22.7 Å². The summed E-state index contributed by atoms with van der Waals surface area (Å²) in [5.41, 5.74) is 1.24. The molecule has 1 N–H and O–H groups in total. The maximum Gasteiger partial charge on any atom is 0.0526 e. The predicted molar refractivity (Wildman–Crippen MR) is 89.7 cm³/mol. The number of rotatable bonds is 2. The standard InChI is InChI=1S/C16H22BrClN2/c17-14-7-6-13(18)10-16(14)20-9-8-19-15(11-20)12-4-2-1-3-5-12/h6-7,10,12,15,19H,1-5,8-9,11H2. The molecule has 1 aliphatic heterocycles. The Bertz CT molecular complexity index is 460. The number of nitrogens with zero attached hydrogens (tertiary/aromatic N) is 1. The Balaban J connectivity index is 1.72. The van der Waals surface area contributed by atoms with Crippen LogP contribution in [-0.4, -0.2) is 25.7 Å². The number of hydrogen-bond donors (Lipinski definition) is 1. The van der Waals surface area contributed by atoms with Gasteiger partial charge in [0.2, 0.25) is 0 Å². The molecule has 110 valence electrons. The van der Waals surface area contributed by atoms with Crippen molar-refractivity contribution in [1.29, 1.82) is 0 Å². The first-order valence-electron chi connectivity index (χ1n) is 7.67. The van der Waals surface area contributed by atoms with Gasteiger partial charge in [-0.1, -0.05) is 30.9 Å². The van der Waals surface area contributed by atoms with E-state index in [0.29, 0.717) is 6.04 Å². The molecule has 2 nitrogen and oxygen atoms in total. The number of benzene rings is 1. The highest BCUT2D eigenvalue weighted by Crippen LogP contribution is 2.32. The van der Waals surface area contributed by atoms with Gasteiger partial charge in [0.05, 0.1) is 5.69 Å². The van der Waals surface area contributed by atoms with Gasteiger partial charge >= 0.3 is 0 Å². The van der Waals surface area contributed by atoms with Crippen LogP contribution in [0.4, 0.5) is 5.69 Å². The fraction of sp³-hybridized carbons (Fsp3) is 0.625. The molecule has 1 atom stereocenters. The average Bonchev–Trinajstić information content (AvgIpc) is 2.51. The Morgan fingerprint density at radius 1 is 1.20 bits per heavy atom. The molecule has 2 aliphatic rings. The number of nitrogens with one attached hydrogen (secondary N) is 1. The summed E-state index contributed by atoms with van der Waals surface area (Å²) in [6.07, 6.45) is 7.02. The van der Waals surface area contributed by atoms with E-state index in [1.54, 1.807) is 0 Å². The molecular weight excluding hydrogens is 336 g/mol. The van der Waals surface area contributed by atoms with Gasteiger partial charge in [0.15, 0.2) is 0 Å². The van der Waals surface area contributed by atoms with Crippen molar-refractivity contribution >= 4 is 33.2 Å². The van der Waals surface area contributed by atoms with Crippen LogP contribution in [0, 0.1) is 5.92 Å². The summed E-state index contributed by atoms with van der Waals surface area (Å²) in [4.78, 5) is 2.48. The van der Waals surface area contributed by atoms with E-state index in [-0.39, 0.29) is 0 Å². The maximum atomic E-state index is 6.16. The highest BCUT2D eigenvalue weighted by Gasteiger charge is 2.28. The van der Waals surface area contributed by atoms with Gasteiger partial charge < -0.3 is 10.2 Å². The molecule has 1 unspecified atom stereocenters. The first kappa shape index (κ1) is 14.7. The van der Waals surface area contributed by atoms with E-state index in [9.17, 15) is 0 Å². The summed E-state index contributed by atoms with van der Waals surface area (Å²) in [7, 11) is 0. The van der Waals surface area contributed by atoms with Gasteiger partial charge in [-0.2, -0.15) is 0 Å². The van der Waals surface area contributed by atoms with E-state index in [2.05, 4.69) is 38.3 Å². The van der Waals surface area contributed by atoms with Gasteiger partial charge in [-0.25, -0.2) is 0 Å². The molecule has 1 aromatic rings. The van der Waals surface area contributed by atoms with Crippen LogP contribution in [0.1, 0.15) is 32.1 Å². The lowest BCUT2D eigenvalue weighted by molar-refractivity contribution is 0.257. The molecule has 0 bridgehead atoms. The predicted octanol–water partition coefficient (Wildman–Crippen LogP) is 4.46. The van der Waals surface area contributed by atoms with Crippen molar-refractivity contribution in [3.63, 3.8) is 0 Å². The Morgan fingerprint density at radius 2 is 2.00 bits per heavy atom. The number of hydrogen-bond acceptors (Lipinski definition) is 2. The van der Waals surface area contributed by atoms with E-state index in [0.717, 1.165) is 35.0 Å². The molecule has 1 aliphatic carbocycles. The van der Waals surface area contributed by atoms with Crippen molar-refractivity contribution < 1.29 is 0 Å². The normalized spacial score (nSPS) is 24.9. The maximum absolute atomic E-state index is 6.16. The van der Waals surface area contributed by atoms with Crippen molar-refractivity contribution in [3.8, 4) is 0 Å². The van der Waals surface area contributed by atoms with Crippen molar-refractivity contribution in [2.45, 2.75) is 38.1 Å². The van der Waals surface area contributed by atoms with E-state index < -0.39 is 0 Å². The molecule has 0 amide bonds.